The van der Waals surface area contributed by atoms with Crippen molar-refractivity contribution in [2.24, 2.45) is 7.05 Å². The molecule has 0 bridgehead atoms. The molecule has 7 heteroatoms. The third kappa shape index (κ3) is 6.16. The molecule has 1 fully saturated rings. The lowest BCUT2D eigenvalue weighted by Crippen LogP contribution is -2.46. The Labute approximate surface area is 192 Å². The first kappa shape index (κ1) is 23.9. The predicted molar refractivity (Wildman–Crippen MR) is 133 cm³/mol. The zero-order chi connectivity index (χ0) is 22.8. The molecule has 0 radical (unpaired) electrons. The van der Waals surface area contributed by atoms with Crippen molar-refractivity contribution in [3.8, 4) is 0 Å². The Morgan fingerprint density at radius 2 is 1.48 bits per heavy atom. The molecule has 0 aliphatic carbocycles. The summed E-state index contributed by atoms with van der Waals surface area (Å²) in [6.45, 7) is 19.4. The van der Waals surface area contributed by atoms with Gasteiger partial charge in [-0.2, -0.15) is 0 Å². The molecule has 31 heavy (non-hydrogen) atoms. The molecule has 1 aromatic heterocycles. The molecule has 1 aliphatic rings. The van der Waals surface area contributed by atoms with Crippen LogP contribution in [-0.2, 0) is 17.9 Å². The summed E-state index contributed by atoms with van der Waals surface area (Å²) in [5.41, 5.74) is 10.3. The van der Waals surface area contributed by atoms with Crippen LogP contribution in [0, 0.1) is 0 Å². The molecule has 0 saturated carbocycles. The van der Waals surface area contributed by atoms with E-state index in [0.717, 1.165) is 50.1 Å². The summed E-state index contributed by atoms with van der Waals surface area (Å²) in [4.78, 5) is 5.15. The molecule has 6 nitrogen and oxygen atoms in total. The van der Waals surface area contributed by atoms with Gasteiger partial charge in [0, 0.05) is 44.7 Å². The van der Waals surface area contributed by atoms with Gasteiger partial charge in [0.05, 0.1) is 0 Å². The summed E-state index contributed by atoms with van der Waals surface area (Å²) in [5, 5.41) is 8.94. The number of hydrogen-bond acceptors (Lipinski definition) is 6. The molecular weight excluding hydrogens is 404 g/mol. The van der Waals surface area contributed by atoms with Gasteiger partial charge in [-0.1, -0.05) is 59.4 Å². The van der Waals surface area contributed by atoms with Gasteiger partial charge >= 0.3 is 0 Å². The maximum Gasteiger partial charge on any atom is 0.222 e. The monoisotopic (exact) mass is 444 g/mol. The largest absolute Gasteiger partial charge is 0.369 e. The number of aromatic nitrogens is 3. The Morgan fingerprint density at radius 3 is 1.97 bits per heavy atom. The normalized spacial score (nSPS) is 16.2. The predicted octanol–water partition coefficient (Wildman–Crippen LogP) is 4.30. The molecule has 2 aromatic rings. The molecule has 1 saturated heterocycles. The van der Waals surface area contributed by atoms with Crippen molar-refractivity contribution in [3.63, 3.8) is 0 Å². The first-order valence-electron chi connectivity index (χ1n) is 11.4. The molecule has 0 unspecified atom stereocenters. The minimum Gasteiger partial charge on any atom is -0.369 e. The minimum atomic E-state index is 0.156. The fourth-order valence-electron chi connectivity index (χ4n) is 3.79. The standard InChI is InChI=1S/C24H40N6S/c1-23(2,3)18-15-19(24(4,5)6)17-20(16-18)30-12-10-29(11-13-30)9-8-14-31-22-27-26-21(25)28(22)7/h15-17H,8-14H2,1-7H3,(H2,25,26). The van der Waals surface area contributed by atoms with Crippen LogP contribution in [0.2, 0.25) is 0 Å². The van der Waals surface area contributed by atoms with E-state index in [4.69, 9.17) is 5.73 Å². The third-order valence-electron chi connectivity index (χ3n) is 6.11. The maximum absolute atomic E-state index is 5.75. The second-order valence-electron chi connectivity index (χ2n) is 10.7. The van der Waals surface area contributed by atoms with Crippen molar-refractivity contribution in [1.29, 1.82) is 0 Å². The van der Waals surface area contributed by atoms with E-state index in [1.807, 2.05) is 11.6 Å². The van der Waals surface area contributed by atoms with Gasteiger partial charge in [0.15, 0.2) is 5.16 Å². The Balaban J connectivity index is 1.55. The smallest absolute Gasteiger partial charge is 0.222 e. The van der Waals surface area contributed by atoms with Gasteiger partial charge < -0.3 is 10.6 Å². The number of rotatable bonds is 6. The van der Waals surface area contributed by atoms with Gasteiger partial charge in [0.25, 0.3) is 0 Å². The first-order valence-corrected chi connectivity index (χ1v) is 12.3. The highest BCUT2D eigenvalue weighted by molar-refractivity contribution is 7.99. The molecule has 172 valence electrons. The average Bonchev–Trinajstić information content (AvgIpc) is 3.02. The second kappa shape index (κ2) is 9.41. The van der Waals surface area contributed by atoms with Crippen LogP contribution in [0.15, 0.2) is 23.4 Å². The molecule has 1 aromatic carbocycles. The van der Waals surface area contributed by atoms with Gasteiger partial charge in [-0.15, -0.1) is 10.2 Å². The summed E-state index contributed by atoms with van der Waals surface area (Å²) in [7, 11) is 1.91. The summed E-state index contributed by atoms with van der Waals surface area (Å²) in [5.74, 6) is 1.51. The van der Waals surface area contributed by atoms with Crippen LogP contribution in [0.3, 0.4) is 0 Å². The van der Waals surface area contributed by atoms with Gasteiger partial charge in [0.2, 0.25) is 5.95 Å². The Hall–Kier alpha value is -1.73. The van der Waals surface area contributed by atoms with Gasteiger partial charge in [-0.25, -0.2) is 0 Å². The lowest BCUT2D eigenvalue weighted by Gasteiger charge is -2.37. The SMILES string of the molecule is Cn1c(N)nnc1SCCCN1CCN(c2cc(C(C)(C)C)cc(C(C)(C)C)c2)CC1. The molecule has 2 heterocycles. The fourth-order valence-corrected chi connectivity index (χ4v) is 4.63. The summed E-state index contributed by atoms with van der Waals surface area (Å²) in [6.07, 6.45) is 1.14. The van der Waals surface area contributed by atoms with E-state index in [9.17, 15) is 0 Å². The van der Waals surface area contributed by atoms with Crippen LogP contribution < -0.4 is 10.6 Å². The molecule has 0 amide bonds. The molecule has 1 aliphatic heterocycles. The minimum absolute atomic E-state index is 0.156. The number of nitrogens with two attached hydrogens (primary N) is 1. The highest BCUT2D eigenvalue weighted by Gasteiger charge is 2.23. The lowest BCUT2D eigenvalue weighted by atomic mass is 9.80. The lowest BCUT2D eigenvalue weighted by molar-refractivity contribution is 0.259. The van der Waals surface area contributed by atoms with Crippen molar-refractivity contribution in [1.82, 2.24) is 19.7 Å². The van der Waals surface area contributed by atoms with Crippen LogP contribution in [0.25, 0.3) is 0 Å². The van der Waals surface area contributed by atoms with Crippen LogP contribution in [0.4, 0.5) is 11.6 Å². The van der Waals surface area contributed by atoms with Gasteiger partial charge in [-0.05, 0) is 47.1 Å². The maximum atomic E-state index is 5.75. The molecule has 0 spiro atoms. The van der Waals surface area contributed by atoms with Crippen molar-refractivity contribution < 1.29 is 0 Å². The highest BCUT2D eigenvalue weighted by Crippen LogP contribution is 2.33. The van der Waals surface area contributed by atoms with E-state index in [1.54, 1.807) is 11.8 Å². The molecule has 0 atom stereocenters. The summed E-state index contributed by atoms with van der Waals surface area (Å²) in [6, 6.07) is 7.23. The zero-order valence-corrected chi connectivity index (χ0v) is 21.2. The van der Waals surface area contributed by atoms with Crippen LogP contribution in [-0.4, -0.2) is 58.1 Å². The topological polar surface area (TPSA) is 63.2 Å². The van der Waals surface area contributed by atoms with Crippen molar-refractivity contribution in [3.05, 3.63) is 29.3 Å². The van der Waals surface area contributed by atoms with E-state index >= 15 is 0 Å². The summed E-state index contributed by atoms with van der Waals surface area (Å²) < 4.78 is 1.85. The number of benzene rings is 1. The van der Waals surface area contributed by atoms with E-state index in [1.165, 1.54) is 16.8 Å². The zero-order valence-electron chi connectivity index (χ0n) is 20.4. The van der Waals surface area contributed by atoms with E-state index in [0.29, 0.717) is 5.95 Å². The highest BCUT2D eigenvalue weighted by atomic mass is 32.2. The van der Waals surface area contributed by atoms with Gasteiger partial charge in [-0.3, -0.25) is 9.47 Å². The number of hydrogen-bond donors (Lipinski definition) is 1. The van der Waals surface area contributed by atoms with Crippen LogP contribution in [0.5, 0.6) is 0 Å². The third-order valence-corrected chi connectivity index (χ3v) is 7.21. The fraction of sp³-hybridized carbons (Fsp3) is 0.667. The number of anilines is 2. The average molecular weight is 445 g/mol. The van der Waals surface area contributed by atoms with E-state index in [-0.39, 0.29) is 10.8 Å². The van der Waals surface area contributed by atoms with Crippen LogP contribution >= 0.6 is 11.8 Å². The Bertz CT molecular complexity index is 837. The quantitative estimate of drug-likeness (QED) is 0.529. The molecule has 3 rings (SSSR count). The van der Waals surface area contributed by atoms with Crippen LogP contribution in [0.1, 0.15) is 59.1 Å². The van der Waals surface area contributed by atoms with E-state index < -0.39 is 0 Å². The number of piperazine rings is 1. The Morgan fingerprint density at radius 1 is 0.903 bits per heavy atom. The molecular formula is C24H40N6S. The summed E-state index contributed by atoms with van der Waals surface area (Å²) >= 11 is 1.73. The molecule has 2 N–H and O–H groups in total. The number of thioether (sulfide) groups is 1. The Kier molecular flexibility index (Phi) is 7.26. The van der Waals surface area contributed by atoms with Crippen molar-refractivity contribution >= 4 is 23.4 Å². The van der Waals surface area contributed by atoms with Gasteiger partial charge in [0.1, 0.15) is 0 Å². The van der Waals surface area contributed by atoms with Crippen molar-refractivity contribution in [2.75, 3.05) is 49.1 Å². The first-order chi connectivity index (χ1) is 14.4. The second-order valence-corrected chi connectivity index (χ2v) is 11.8. The van der Waals surface area contributed by atoms with Crippen molar-refractivity contribution in [2.45, 2.75) is 63.9 Å². The number of nitrogens with zero attached hydrogens (tertiary/aromatic N) is 5. The van der Waals surface area contributed by atoms with E-state index in [2.05, 4.69) is 79.7 Å². The number of nitrogen functional groups attached to an aromatic ring is 1.